The highest BCUT2D eigenvalue weighted by molar-refractivity contribution is 7.10. The molecule has 1 atom stereocenters. The number of thiophene rings is 1. The smallest absolute Gasteiger partial charge is 0.223 e. The van der Waals surface area contributed by atoms with Crippen LogP contribution in [0.1, 0.15) is 29.3 Å². The van der Waals surface area contributed by atoms with E-state index in [1.165, 1.54) is 16.9 Å². The lowest BCUT2D eigenvalue weighted by Gasteiger charge is -2.22. The molecule has 0 fully saturated rings. The third kappa shape index (κ3) is 5.08. The molecule has 0 saturated carbocycles. The minimum absolute atomic E-state index is 0.133. The van der Waals surface area contributed by atoms with Gasteiger partial charge in [-0.3, -0.25) is 4.79 Å². The summed E-state index contributed by atoms with van der Waals surface area (Å²) in [6, 6.07) is 9.70. The molecule has 2 aromatic rings. The van der Waals surface area contributed by atoms with E-state index >= 15 is 0 Å². The molecule has 2 rings (SSSR count). The largest absolute Gasteiger partial charge is 0.493 e. The van der Waals surface area contributed by atoms with E-state index in [1.807, 2.05) is 49.6 Å². The van der Waals surface area contributed by atoms with Crippen molar-refractivity contribution in [1.29, 1.82) is 0 Å². The van der Waals surface area contributed by atoms with Gasteiger partial charge < -0.3 is 15.2 Å². The molecule has 1 unspecified atom stereocenters. The lowest BCUT2D eigenvalue weighted by molar-refractivity contribution is -0.122. The molecule has 4 nitrogen and oxygen atoms in total. The van der Waals surface area contributed by atoms with Crippen molar-refractivity contribution in [3.8, 4) is 5.75 Å². The molecule has 0 radical (unpaired) electrons. The summed E-state index contributed by atoms with van der Waals surface area (Å²) in [5.74, 6) is 0.667. The van der Waals surface area contributed by atoms with Gasteiger partial charge in [-0.1, -0.05) is 23.8 Å². The lowest BCUT2D eigenvalue weighted by atomic mass is 10.1. The first-order valence-electron chi connectivity index (χ1n) is 7.61. The molecular weight excluding hydrogens is 310 g/mol. The fraction of sp³-hybridized carbons (Fsp3) is 0.389. The normalized spacial score (nSPS) is 13.4. The Bertz CT molecular complexity index is 650. The van der Waals surface area contributed by atoms with Crippen molar-refractivity contribution in [2.24, 2.45) is 0 Å². The van der Waals surface area contributed by atoms with Crippen molar-refractivity contribution in [1.82, 2.24) is 5.32 Å². The molecule has 0 aliphatic carbocycles. The molecule has 0 aliphatic heterocycles. The summed E-state index contributed by atoms with van der Waals surface area (Å²) < 4.78 is 5.65. The second-order valence-electron chi connectivity index (χ2n) is 5.90. The van der Waals surface area contributed by atoms with Gasteiger partial charge in [-0.05, 0) is 43.8 Å². The summed E-state index contributed by atoms with van der Waals surface area (Å²) in [6.45, 7) is 6.22. The molecule has 1 amide bonds. The van der Waals surface area contributed by atoms with E-state index < -0.39 is 5.60 Å². The number of nitrogens with one attached hydrogen (secondary N) is 1. The molecule has 2 N–H and O–H groups in total. The number of carbonyl (C=O) groups is 1. The van der Waals surface area contributed by atoms with Crippen LogP contribution in [0.15, 0.2) is 35.7 Å². The SMILES string of the molecule is Cc1ccc(OCCC(=O)NCC(C)(O)c2cccs2)c(C)c1. The zero-order valence-corrected chi connectivity index (χ0v) is 14.6. The van der Waals surface area contributed by atoms with Crippen molar-refractivity contribution in [2.75, 3.05) is 13.2 Å². The molecule has 0 bridgehead atoms. The van der Waals surface area contributed by atoms with E-state index in [2.05, 4.69) is 5.32 Å². The molecule has 23 heavy (non-hydrogen) atoms. The maximum absolute atomic E-state index is 11.9. The van der Waals surface area contributed by atoms with Gasteiger partial charge >= 0.3 is 0 Å². The Morgan fingerprint density at radius 2 is 2.13 bits per heavy atom. The number of hydrogen-bond donors (Lipinski definition) is 2. The molecule has 1 aromatic carbocycles. The Morgan fingerprint density at radius 3 is 2.78 bits per heavy atom. The highest BCUT2D eigenvalue weighted by Gasteiger charge is 2.24. The molecule has 5 heteroatoms. The summed E-state index contributed by atoms with van der Waals surface area (Å²) in [5.41, 5.74) is 1.20. The van der Waals surface area contributed by atoms with Crippen LogP contribution in [-0.4, -0.2) is 24.2 Å². The number of aliphatic hydroxyl groups is 1. The zero-order chi connectivity index (χ0) is 16.9. The second kappa shape index (κ2) is 7.62. The third-order valence-electron chi connectivity index (χ3n) is 3.60. The van der Waals surface area contributed by atoms with Crippen molar-refractivity contribution in [3.63, 3.8) is 0 Å². The number of rotatable bonds is 7. The lowest BCUT2D eigenvalue weighted by Crippen LogP contribution is -2.38. The van der Waals surface area contributed by atoms with Crippen molar-refractivity contribution in [2.45, 2.75) is 32.8 Å². The number of hydrogen-bond acceptors (Lipinski definition) is 4. The summed E-state index contributed by atoms with van der Waals surface area (Å²) in [4.78, 5) is 12.7. The maximum Gasteiger partial charge on any atom is 0.223 e. The number of carbonyl (C=O) groups excluding carboxylic acids is 1. The van der Waals surface area contributed by atoms with Gasteiger partial charge in [0.15, 0.2) is 0 Å². The predicted molar refractivity (Wildman–Crippen MR) is 92.9 cm³/mol. The van der Waals surface area contributed by atoms with Crippen LogP contribution in [0.5, 0.6) is 5.75 Å². The summed E-state index contributed by atoms with van der Waals surface area (Å²) in [7, 11) is 0. The van der Waals surface area contributed by atoms with Gasteiger partial charge in [0.05, 0.1) is 19.6 Å². The van der Waals surface area contributed by atoms with Gasteiger partial charge in [0.2, 0.25) is 5.91 Å². The fourth-order valence-electron chi connectivity index (χ4n) is 2.25. The molecule has 0 aliphatic rings. The van der Waals surface area contributed by atoms with Gasteiger partial charge in [0.25, 0.3) is 0 Å². The van der Waals surface area contributed by atoms with Crippen LogP contribution in [0.25, 0.3) is 0 Å². The quantitative estimate of drug-likeness (QED) is 0.818. The molecule has 0 spiro atoms. The van der Waals surface area contributed by atoms with Gasteiger partial charge in [-0.25, -0.2) is 0 Å². The van der Waals surface area contributed by atoms with Crippen LogP contribution < -0.4 is 10.1 Å². The summed E-state index contributed by atoms with van der Waals surface area (Å²) in [6.07, 6.45) is 0.258. The Labute approximate surface area is 141 Å². The monoisotopic (exact) mass is 333 g/mol. The molecular formula is C18H23NO3S. The van der Waals surface area contributed by atoms with Crippen molar-refractivity contribution >= 4 is 17.2 Å². The standard InChI is InChI=1S/C18H23NO3S/c1-13-6-7-15(14(2)11-13)22-9-8-17(20)19-12-18(3,21)16-5-4-10-23-16/h4-7,10-11,21H,8-9,12H2,1-3H3,(H,19,20). The first kappa shape index (κ1) is 17.5. The van der Waals surface area contributed by atoms with Gasteiger partial charge in [-0.15, -0.1) is 11.3 Å². The Balaban J connectivity index is 1.75. The van der Waals surface area contributed by atoms with Crippen LogP contribution in [0.2, 0.25) is 0 Å². The summed E-state index contributed by atoms with van der Waals surface area (Å²) >= 11 is 1.47. The maximum atomic E-state index is 11.9. The molecule has 1 aromatic heterocycles. The average Bonchev–Trinajstić information content (AvgIpc) is 3.03. The topological polar surface area (TPSA) is 58.6 Å². The van der Waals surface area contributed by atoms with E-state index in [4.69, 9.17) is 4.74 Å². The Morgan fingerprint density at radius 1 is 1.35 bits per heavy atom. The van der Waals surface area contributed by atoms with Crippen LogP contribution in [0, 0.1) is 13.8 Å². The number of benzene rings is 1. The van der Waals surface area contributed by atoms with Crippen molar-refractivity contribution < 1.29 is 14.6 Å². The highest BCUT2D eigenvalue weighted by atomic mass is 32.1. The minimum atomic E-state index is -1.04. The van der Waals surface area contributed by atoms with Gasteiger partial charge in [0.1, 0.15) is 11.4 Å². The average molecular weight is 333 g/mol. The number of aryl methyl sites for hydroxylation is 2. The van der Waals surface area contributed by atoms with E-state index in [0.29, 0.717) is 6.61 Å². The molecule has 124 valence electrons. The third-order valence-corrected chi connectivity index (χ3v) is 4.72. The van der Waals surface area contributed by atoms with E-state index in [0.717, 1.165) is 16.2 Å². The van der Waals surface area contributed by atoms with Gasteiger partial charge in [-0.2, -0.15) is 0 Å². The second-order valence-corrected chi connectivity index (χ2v) is 6.84. The Hall–Kier alpha value is -1.85. The zero-order valence-electron chi connectivity index (χ0n) is 13.8. The first-order chi connectivity index (χ1) is 10.9. The molecule has 0 saturated heterocycles. The van der Waals surface area contributed by atoms with Crippen LogP contribution in [-0.2, 0) is 10.4 Å². The van der Waals surface area contributed by atoms with Crippen LogP contribution in [0.4, 0.5) is 0 Å². The van der Waals surface area contributed by atoms with Crippen LogP contribution >= 0.6 is 11.3 Å². The van der Waals surface area contributed by atoms with Crippen molar-refractivity contribution in [3.05, 3.63) is 51.7 Å². The van der Waals surface area contributed by atoms with Gasteiger partial charge in [0, 0.05) is 4.88 Å². The number of amides is 1. The first-order valence-corrected chi connectivity index (χ1v) is 8.49. The highest BCUT2D eigenvalue weighted by Crippen LogP contribution is 2.24. The van der Waals surface area contributed by atoms with Crippen LogP contribution in [0.3, 0.4) is 0 Å². The fourth-order valence-corrected chi connectivity index (χ4v) is 3.03. The summed E-state index contributed by atoms with van der Waals surface area (Å²) in [5, 5.41) is 15.0. The Kier molecular flexibility index (Phi) is 5.80. The number of ether oxygens (including phenoxy) is 1. The minimum Gasteiger partial charge on any atom is -0.493 e. The predicted octanol–water partition coefficient (Wildman–Crippen LogP) is 3.16. The van der Waals surface area contributed by atoms with E-state index in [-0.39, 0.29) is 18.9 Å². The van der Waals surface area contributed by atoms with E-state index in [9.17, 15) is 9.90 Å². The van der Waals surface area contributed by atoms with E-state index in [1.54, 1.807) is 6.92 Å². The molecule has 1 heterocycles.